The van der Waals surface area contributed by atoms with Crippen LogP contribution in [0.1, 0.15) is 77.9 Å². The maximum absolute atomic E-state index is 4.56. The van der Waals surface area contributed by atoms with Gasteiger partial charge in [-0.2, -0.15) is 0 Å². The number of nitrogens with zero attached hydrogens (tertiary/aromatic N) is 3. The van der Waals surface area contributed by atoms with E-state index in [0.29, 0.717) is 11.3 Å². The van der Waals surface area contributed by atoms with E-state index in [0.717, 1.165) is 11.2 Å². The number of halogens is 1. The van der Waals surface area contributed by atoms with E-state index < -0.39 is 0 Å². The van der Waals surface area contributed by atoms with Gasteiger partial charge in [-0.3, -0.25) is 0 Å². The van der Waals surface area contributed by atoms with Gasteiger partial charge in [0.2, 0.25) is 0 Å². The summed E-state index contributed by atoms with van der Waals surface area (Å²) in [7, 11) is 0. The fraction of sp³-hybridized carbons (Fsp3) is 0.867. The van der Waals surface area contributed by atoms with E-state index in [4.69, 9.17) is 0 Å². The minimum absolute atomic E-state index is 0.0372. The third kappa shape index (κ3) is 2.88. The molecule has 0 radical (unpaired) electrons. The number of rotatable bonds is 2. The van der Waals surface area contributed by atoms with Crippen LogP contribution in [0.4, 0.5) is 0 Å². The summed E-state index contributed by atoms with van der Waals surface area (Å²) >= 11 is 3.54. The van der Waals surface area contributed by atoms with E-state index in [-0.39, 0.29) is 5.54 Å². The van der Waals surface area contributed by atoms with Crippen LogP contribution in [-0.2, 0) is 10.9 Å². The molecule has 0 saturated heterocycles. The van der Waals surface area contributed by atoms with E-state index in [2.05, 4.69) is 65.3 Å². The molecule has 3 nitrogen and oxygen atoms in total. The minimum atomic E-state index is 0.0372. The molecular weight excluding hydrogens is 302 g/mol. The Hall–Kier alpha value is -0.380. The summed E-state index contributed by atoms with van der Waals surface area (Å²) in [5.74, 6) is 2.76. The molecule has 1 aliphatic carbocycles. The van der Waals surface area contributed by atoms with Gasteiger partial charge in [0.25, 0.3) is 0 Å². The van der Waals surface area contributed by atoms with Gasteiger partial charge in [0, 0.05) is 11.5 Å². The van der Waals surface area contributed by atoms with E-state index in [1.54, 1.807) is 0 Å². The summed E-state index contributed by atoms with van der Waals surface area (Å²) in [5.41, 5.74) is 0.368. The fourth-order valence-electron chi connectivity index (χ4n) is 3.35. The first-order valence-corrected chi connectivity index (χ1v) is 8.40. The largest absolute Gasteiger partial charge is 0.309 e. The van der Waals surface area contributed by atoms with Gasteiger partial charge in [0.1, 0.15) is 11.6 Å². The highest BCUT2D eigenvalue weighted by molar-refractivity contribution is 9.08. The van der Waals surface area contributed by atoms with Gasteiger partial charge in [-0.25, -0.2) is 0 Å². The summed E-state index contributed by atoms with van der Waals surface area (Å²) in [6.45, 7) is 11.5. The predicted octanol–water partition coefficient (Wildman–Crippen LogP) is 4.61. The second kappa shape index (κ2) is 5.19. The molecule has 0 bridgehead atoms. The van der Waals surface area contributed by atoms with Crippen molar-refractivity contribution in [3.05, 3.63) is 11.6 Å². The monoisotopic (exact) mass is 327 g/mol. The average Bonchev–Trinajstić information content (AvgIpc) is 2.71. The second-order valence-electron chi connectivity index (χ2n) is 7.40. The highest BCUT2D eigenvalue weighted by Gasteiger charge is 2.38. The zero-order valence-electron chi connectivity index (χ0n) is 12.8. The Balaban J connectivity index is 2.47. The molecule has 0 amide bonds. The standard InChI is InChI=1S/C15H26BrN3/c1-14(2,3)19-12(10-16)17-18-13(19)11-8-6-7-9-15(11,4)5/h11H,6-10H2,1-5H3. The minimum Gasteiger partial charge on any atom is -0.309 e. The van der Waals surface area contributed by atoms with Crippen molar-refractivity contribution < 1.29 is 0 Å². The van der Waals surface area contributed by atoms with Gasteiger partial charge in [-0.15, -0.1) is 10.2 Å². The van der Waals surface area contributed by atoms with Crippen molar-refractivity contribution in [3.63, 3.8) is 0 Å². The first-order chi connectivity index (χ1) is 8.77. The highest BCUT2D eigenvalue weighted by atomic mass is 79.9. The summed E-state index contributed by atoms with van der Waals surface area (Å²) in [6.07, 6.45) is 5.19. The maximum atomic E-state index is 4.56. The average molecular weight is 328 g/mol. The van der Waals surface area contributed by atoms with Crippen molar-refractivity contribution in [2.45, 2.75) is 77.1 Å². The predicted molar refractivity (Wildman–Crippen MR) is 82.6 cm³/mol. The Bertz CT molecular complexity index is 443. The van der Waals surface area contributed by atoms with Crippen molar-refractivity contribution >= 4 is 15.9 Å². The molecule has 1 aliphatic rings. The third-order valence-electron chi connectivity index (χ3n) is 4.36. The lowest BCUT2D eigenvalue weighted by Crippen LogP contribution is -2.33. The lowest BCUT2D eigenvalue weighted by atomic mass is 9.68. The first-order valence-electron chi connectivity index (χ1n) is 7.28. The molecular formula is C15H26BrN3. The molecule has 1 fully saturated rings. The molecule has 1 atom stereocenters. The summed E-state index contributed by atoms with van der Waals surface area (Å²) in [6, 6.07) is 0. The van der Waals surface area contributed by atoms with Crippen molar-refractivity contribution in [1.82, 2.24) is 14.8 Å². The highest BCUT2D eigenvalue weighted by Crippen LogP contribution is 2.47. The van der Waals surface area contributed by atoms with Crippen LogP contribution in [0.2, 0.25) is 0 Å². The Labute approximate surface area is 125 Å². The summed E-state index contributed by atoms with van der Waals surface area (Å²) in [4.78, 5) is 0. The number of aromatic nitrogens is 3. The molecule has 0 aliphatic heterocycles. The number of hydrogen-bond acceptors (Lipinski definition) is 2. The van der Waals surface area contributed by atoms with Crippen molar-refractivity contribution in [2.75, 3.05) is 0 Å². The topological polar surface area (TPSA) is 30.7 Å². The molecule has 4 heteroatoms. The van der Waals surface area contributed by atoms with Crippen LogP contribution in [0.5, 0.6) is 0 Å². The van der Waals surface area contributed by atoms with Crippen LogP contribution in [0, 0.1) is 5.41 Å². The molecule has 1 saturated carbocycles. The maximum Gasteiger partial charge on any atom is 0.144 e. The molecule has 19 heavy (non-hydrogen) atoms. The third-order valence-corrected chi connectivity index (χ3v) is 4.87. The van der Waals surface area contributed by atoms with Crippen LogP contribution >= 0.6 is 15.9 Å². The van der Waals surface area contributed by atoms with Crippen LogP contribution in [0.3, 0.4) is 0 Å². The van der Waals surface area contributed by atoms with Crippen molar-refractivity contribution in [1.29, 1.82) is 0 Å². The van der Waals surface area contributed by atoms with Crippen LogP contribution in [0.25, 0.3) is 0 Å². The fourth-order valence-corrected chi connectivity index (χ4v) is 3.71. The Kier molecular flexibility index (Phi) is 4.10. The lowest BCUT2D eigenvalue weighted by molar-refractivity contribution is 0.181. The van der Waals surface area contributed by atoms with Crippen molar-refractivity contribution in [2.24, 2.45) is 5.41 Å². The SMILES string of the molecule is CC1(C)CCCCC1c1nnc(CBr)n1C(C)(C)C. The molecule has 0 aromatic carbocycles. The molecule has 2 rings (SSSR count). The molecule has 1 heterocycles. The van der Waals surface area contributed by atoms with Crippen LogP contribution < -0.4 is 0 Å². The first kappa shape index (κ1) is 15.0. The molecule has 0 N–H and O–H groups in total. The number of alkyl halides is 1. The van der Waals surface area contributed by atoms with Crippen LogP contribution in [-0.4, -0.2) is 14.8 Å². The molecule has 0 spiro atoms. The van der Waals surface area contributed by atoms with Gasteiger partial charge < -0.3 is 4.57 Å². The van der Waals surface area contributed by atoms with Gasteiger partial charge in [-0.1, -0.05) is 42.6 Å². The van der Waals surface area contributed by atoms with E-state index in [9.17, 15) is 0 Å². The van der Waals surface area contributed by atoms with E-state index in [1.165, 1.54) is 31.5 Å². The van der Waals surface area contributed by atoms with E-state index >= 15 is 0 Å². The zero-order valence-corrected chi connectivity index (χ0v) is 14.4. The summed E-state index contributed by atoms with van der Waals surface area (Å²) in [5, 5.41) is 9.73. The van der Waals surface area contributed by atoms with E-state index in [1.807, 2.05) is 0 Å². The van der Waals surface area contributed by atoms with Gasteiger partial charge in [-0.05, 0) is 39.0 Å². The molecule has 108 valence electrons. The van der Waals surface area contributed by atoms with Gasteiger partial charge in [0.15, 0.2) is 0 Å². The normalized spacial score (nSPS) is 23.6. The smallest absolute Gasteiger partial charge is 0.144 e. The summed E-state index contributed by atoms with van der Waals surface area (Å²) < 4.78 is 2.35. The zero-order chi connectivity index (χ0) is 14.3. The molecule has 1 aromatic rings. The van der Waals surface area contributed by atoms with Crippen LogP contribution in [0.15, 0.2) is 0 Å². The Morgan fingerprint density at radius 3 is 2.47 bits per heavy atom. The Morgan fingerprint density at radius 1 is 1.26 bits per heavy atom. The molecule has 1 aromatic heterocycles. The number of hydrogen-bond donors (Lipinski definition) is 0. The van der Waals surface area contributed by atoms with Gasteiger partial charge >= 0.3 is 0 Å². The Morgan fingerprint density at radius 2 is 1.95 bits per heavy atom. The quantitative estimate of drug-likeness (QED) is 0.742. The second-order valence-corrected chi connectivity index (χ2v) is 7.96. The van der Waals surface area contributed by atoms with Crippen molar-refractivity contribution in [3.8, 4) is 0 Å². The van der Waals surface area contributed by atoms with Gasteiger partial charge in [0.05, 0.1) is 5.33 Å². The molecule has 1 unspecified atom stereocenters. The lowest BCUT2D eigenvalue weighted by Gasteiger charge is -2.39.